The summed E-state index contributed by atoms with van der Waals surface area (Å²) in [4.78, 5) is 0. The van der Waals surface area contributed by atoms with Crippen LogP contribution in [-0.4, -0.2) is 43.7 Å². The van der Waals surface area contributed by atoms with Gasteiger partial charge in [0.25, 0.3) is 0 Å². The summed E-state index contributed by atoms with van der Waals surface area (Å²) in [7, 11) is -3.17. The number of hydrogen-bond donors (Lipinski definition) is 1. The van der Waals surface area contributed by atoms with Crippen molar-refractivity contribution in [3.8, 4) is 0 Å². The average Bonchev–Trinajstić information content (AvgIpc) is 1.30. The molecule has 0 aliphatic carbocycles. The molecule has 2 N–H and O–H groups in total. The maximum atomic E-state index is 10.0. The molecule has 0 aromatic rings. The molecule has 0 spiro atoms. The van der Waals surface area contributed by atoms with Crippen LogP contribution in [0.5, 0.6) is 0 Å². The fourth-order valence-electron chi connectivity index (χ4n) is 0.285. The van der Waals surface area contributed by atoms with Crippen LogP contribution in [0.15, 0.2) is 0 Å². The molecule has 0 atom stereocenters. The molecule has 0 unspecified atom stereocenters. The molecule has 5 heteroatoms. The Kier molecular flexibility index (Phi) is 6.94. The minimum atomic E-state index is -3.17. The molecular formula is C3H9NNaO2S. The van der Waals surface area contributed by atoms with Crippen molar-refractivity contribution in [1.82, 2.24) is 0 Å². The van der Waals surface area contributed by atoms with E-state index < -0.39 is 10.0 Å². The van der Waals surface area contributed by atoms with Crippen LogP contribution in [0.3, 0.4) is 0 Å². The first-order valence-electron chi connectivity index (χ1n) is 2.06. The van der Waals surface area contributed by atoms with Crippen LogP contribution >= 0.6 is 0 Å². The van der Waals surface area contributed by atoms with Crippen LogP contribution in [0.1, 0.15) is 13.3 Å². The van der Waals surface area contributed by atoms with Gasteiger partial charge >= 0.3 is 0 Å². The van der Waals surface area contributed by atoms with Gasteiger partial charge in [0.2, 0.25) is 10.0 Å². The van der Waals surface area contributed by atoms with Crippen molar-refractivity contribution in [2.24, 2.45) is 5.14 Å². The van der Waals surface area contributed by atoms with Crippen LogP contribution in [0.4, 0.5) is 0 Å². The SMILES string of the molecule is CCCS(N)(=O)=O.[Na]. The molecule has 0 aromatic carbocycles. The summed E-state index contributed by atoms with van der Waals surface area (Å²) in [6.07, 6.45) is 0.596. The zero-order valence-corrected chi connectivity index (χ0v) is 8.03. The molecule has 0 aliphatic rings. The number of hydrogen-bond acceptors (Lipinski definition) is 2. The summed E-state index contributed by atoms with van der Waals surface area (Å²) in [5.74, 6) is 0.0903. The second-order valence-corrected chi connectivity index (χ2v) is 3.10. The molecule has 45 valence electrons. The van der Waals surface area contributed by atoms with Gasteiger partial charge in [0, 0.05) is 29.6 Å². The van der Waals surface area contributed by atoms with Gasteiger partial charge in [-0.2, -0.15) is 0 Å². The summed E-state index contributed by atoms with van der Waals surface area (Å²) in [6, 6.07) is 0. The van der Waals surface area contributed by atoms with E-state index in [-0.39, 0.29) is 35.3 Å². The second kappa shape index (κ2) is 4.76. The molecule has 0 saturated carbocycles. The third-order valence-electron chi connectivity index (χ3n) is 0.489. The van der Waals surface area contributed by atoms with Crippen LogP contribution in [-0.2, 0) is 10.0 Å². The average molecular weight is 146 g/mol. The number of primary sulfonamides is 1. The maximum Gasteiger partial charge on any atom is 0.209 e. The van der Waals surface area contributed by atoms with E-state index in [2.05, 4.69) is 5.14 Å². The van der Waals surface area contributed by atoms with Gasteiger partial charge in [-0.25, -0.2) is 13.6 Å². The molecule has 0 aromatic heterocycles. The fraction of sp³-hybridized carbons (Fsp3) is 1.00. The van der Waals surface area contributed by atoms with Crippen molar-refractivity contribution < 1.29 is 8.42 Å². The Morgan fingerprint density at radius 2 is 1.88 bits per heavy atom. The van der Waals surface area contributed by atoms with Crippen molar-refractivity contribution in [3.05, 3.63) is 0 Å². The van der Waals surface area contributed by atoms with Crippen molar-refractivity contribution in [2.45, 2.75) is 13.3 Å². The van der Waals surface area contributed by atoms with Gasteiger partial charge in [-0.3, -0.25) is 0 Å². The van der Waals surface area contributed by atoms with E-state index >= 15 is 0 Å². The molecule has 0 heterocycles. The predicted octanol–water partition coefficient (Wildman–Crippen LogP) is -0.696. The Bertz CT molecular complexity index is 130. The van der Waals surface area contributed by atoms with Crippen molar-refractivity contribution in [1.29, 1.82) is 0 Å². The third kappa shape index (κ3) is 10.0. The second-order valence-electron chi connectivity index (χ2n) is 1.37. The normalized spacial score (nSPS) is 10.2. The molecule has 0 fully saturated rings. The fourth-order valence-corrected chi connectivity index (χ4v) is 0.854. The Morgan fingerprint density at radius 1 is 1.50 bits per heavy atom. The van der Waals surface area contributed by atoms with Crippen LogP contribution in [0.2, 0.25) is 0 Å². The van der Waals surface area contributed by atoms with E-state index in [0.717, 1.165) is 0 Å². The van der Waals surface area contributed by atoms with Gasteiger partial charge in [-0.1, -0.05) is 6.92 Å². The first-order chi connectivity index (χ1) is 3.06. The summed E-state index contributed by atoms with van der Waals surface area (Å²) >= 11 is 0. The largest absolute Gasteiger partial charge is 0.229 e. The topological polar surface area (TPSA) is 60.2 Å². The van der Waals surface area contributed by atoms with E-state index in [4.69, 9.17) is 0 Å². The number of nitrogens with two attached hydrogens (primary N) is 1. The van der Waals surface area contributed by atoms with Crippen molar-refractivity contribution in [2.75, 3.05) is 5.75 Å². The molecule has 1 radical (unpaired) electrons. The smallest absolute Gasteiger partial charge is 0.209 e. The molecular weight excluding hydrogens is 137 g/mol. The molecule has 3 nitrogen and oxygen atoms in total. The molecule has 0 saturated heterocycles. The van der Waals surface area contributed by atoms with E-state index in [1.54, 1.807) is 6.92 Å². The zero-order chi connectivity index (χ0) is 5.91. The molecule has 8 heavy (non-hydrogen) atoms. The summed E-state index contributed by atoms with van der Waals surface area (Å²) in [5, 5.41) is 4.62. The standard InChI is InChI=1S/C3H9NO2S.Na/c1-2-3-7(4,5)6;/h2-3H2,1H3,(H2,4,5,6);. The molecule has 0 bridgehead atoms. The molecule has 0 rings (SSSR count). The monoisotopic (exact) mass is 146 g/mol. The quantitative estimate of drug-likeness (QED) is 0.524. The maximum absolute atomic E-state index is 10.0. The van der Waals surface area contributed by atoms with Gasteiger partial charge < -0.3 is 0 Å². The van der Waals surface area contributed by atoms with Gasteiger partial charge in [0.15, 0.2) is 0 Å². The van der Waals surface area contributed by atoms with E-state index in [1.807, 2.05) is 0 Å². The van der Waals surface area contributed by atoms with Crippen molar-refractivity contribution in [3.63, 3.8) is 0 Å². The Hall–Kier alpha value is 0.910. The number of sulfonamides is 1. The van der Waals surface area contributed by atoms with E-state index in [9.17, 15) is 8.42 Å². The van der Waals surface area contributed by atoms with E-state index in [1.165, 1.54) is 0 Å². The van der Waals surface area contributed by atoms with Crippen molar-refractivity contribution >= 4 is 39.6 Å². The third-order valence-corrected chi connectivity index (χ3v) is 1.47. The first kappa shape index (κ1) is 11.7. The summed E-state index contributed by atoms with van der Waals surface area (Å²) in [6.45, 7) is 1.77. The molecule has 0 aliphatic heterocycles. The van der Waals surface area contributed by atoms with E-state index in [0.29, 0.717) is 6.42 Å². The Labute approximate surface area is 72.0 Å². The van der Waals surface area contributed by atoms with Crippen LogP contribution < -0.4 is 5.14 Å². The molecule has 0 amide bonds. The Balaban J connectivity index is 0. The van der Waals surface area contributed by atoms with Crippen LogP contribution in [0.25, 0.3) is 0 Å². The van der Waals surface area contributed by atoms with Crippen LogP contribution in [0, 0.1) is 0 Å². The van der Waals surface area contributed by atoms with Gasteiger partial charge in [-0.05, 0) is 6.42 Å². The van der Waals surface area contributed by atoms with Gasteiger partial charge in [0.05, 0.1) is 5.75 Å². The Morgan fingerprint density at radius 3 is 1.88 bits per heavy atom. The van der Waals surface area contributed by atoms with Gasteiger partial charge in [-0.15, -0.1) is 0 Å². The summed E-state index contributed by atoms with van der Waals surface area (Å²) < 4.78 is 20.0. The predicted molar refractivity (Wildman–Crippen MR) is 34.0 cm³/mol. The minimum Gasteiger partial charge on any atom is -0.229 e. The first-order valence-corrected chi connectivity index (χ1v) is 3.78. The number of rotatable bonds is 2. The van der Waals surface area contributed by atoms with Gasteiger partial charge in [0.1, 0.15) is 0 Å². The minimum absolute atomic E-state index is 0. The summed E-state index contributed by atoms with van der Waals surface area (Å²) in [5.41, 5.74) is 0. The zero-order valence-electron chi connectivity index (χ0n) is 5.22.